The van der Waals surface area contributed by atoms with E-state index in [1.807, 2.05) is 31.3 Å². The van der Waals surface area contributed by atoms with E-state index < -0.39 is 17.0 Å². The number of nitrogens with one attached hydrogen (secondary N) is 3. The van der Waals surface area contributed by atoms with Crippen LogP contribution >= 0.6 is 0 Å². The maximum absolute atomic E-state index is 11.3. The molecular formula is C31H42N6O4. The summed E-state index contributed by atoms with van der Waals surface area (Å²) in [5.41, 5.74) is 1.61. The van der Waals surface area contributed by atoms with Gasteiger partial charge in [0.25, 0.3) is 0 Å². The molecule has 10 heteroatoms. The summed E-state index contributed by atoms with van der Waals surface area (Å²) in [5, 5.41) is 29.7. The van der Waals surface area contributed by atoms with Crippen molar-refractivity contribution >= 4 is 17.6 Å². The molecule has 41 heavy (non-hydrogen) atoms. The Kier molecular flexibility index (Phi) is 9.07. The molecule has 0 spiro atoms. The van der Waals surface area contributed by atoms with Gasteiger partial charge in [0, 0.05) is 49.6 Å². The maximum Gasteiger partial charge on any atom is 0.335 e. The van der Waals surface area contributed by atoms with Crippen LogP contribution in [-0.2, 0) is 14.3 Å². The fraction of sp³-hybridized carbons (Fsp3) is 0.613. The summed E-state index contributed by atoms with van der Waals surface area (Å²) in [6, 6.07) is 11.4. The Hall–Kier alpha value is -3.26. The van der Waals surface area contributed by atoms with Crippen LogP contribution in [-0.4, -0.2) is 71.1 Å². The van der Waals surface area contributed by atoms with Crippen LogP contribution in [0.1, 0.15) is 63.9 Å². The van der Waals surface area contributed by atoms with Gasteiger partial charge < -0.3 is 30.5 Å². The van der Waals surface area contributed by atoms with E-state index in [4.69, 9.17) is 14.5 Å². The third kappa shape index (κ3) is 7.34. The van der Waals surface area contributed by atoms with Gasteiger partial charge in [-0.1, -0.05) is 6.07 Å². The first kappa shape index (κ1) is 29.2. The highest BCUT2D eigenvalue weighted by molar-refractivity contribution is 5.80. The summed E-state index contributed by atoms with van der Waals surface area (Å²) in [5.74, 6) is 0.761. The fourth-order valence-electron chi connectivity index (χ4n) is 5.79. The third-order valence-electron chi connectivity index (χ3n) is 8.73. The molecule has 4 N–H and O–H groups in total. The van der Waals surface area contributed by atoms with Crippen molar-refractivity contribution in [2.24, 2.45) is 5.41 Å². The lowest BCUT2D eigenvalue weighted by atomic mass is 9.82. The quantitative estimate of drug-likeness (QED) is 0.292. The Morgan fingerprint density at radius 2 is 1.90 bits per heavy atom. The predicted molar refractivity (Wildman–Crippen MR) is 157 cm³/mol. The van der Waals surface area contributed by atoms with E-state index in [1.54, 1.807) is 0 Å². The highest BCUT2D eigenvalue weighted by Gasteiger charge is 2.52. The number of aryl methyl sites for hydroxylation is 1. The minimum absolute atomic E-state index is 0.113. The Morgan fingerprint density at radius 1 is 1.17 bits per heavy atom. The number of ether oxygens (including phenoxy) is 2. The first-order valence-electron chi connectivity index (χ1n) is 14.9. The van der Waals surface area contributed by atoms with Gasteiger partial charge >= 0.3 is 5.97 Å². The number of carboxylic acids is 1. The number of hydrogen-bond acceptors (Lipinski definition) is 9. The molecule has 1 atom stereocenters. The molecule has 0 unspecified atom stereocenters. The highest BCUT2D eigenvalue weighted by atomic mass is 16.5. The number of nitriles is 1. The molecule has 220 valence electrons. The second-order valence-corrected chi connectivity index (χ2v) is 12.0. The SMILES string of the molecule is Cc1cnc(N[C@H]2CC[C@H](N[C@H](C)COC3(C(=O)O)CC3)CC2)cc1-c1cccc(NCC2(C#N)CCOCC2)n1. The average molecular weight is 563 g/mol. The molecule has 3 fully saturated rings. The number of carbonyl (C=O) groups is 1. The van der Waals surface area contributed by atoms with Crippen molar-refractivity contribution in [3.8, 4) is 17.3 Å². The number of nitrogens with zero attached hydrogens (tertiary/aromatic N) is 3. The number of pyridine rings is 2. The third-order valence-corrected chi connectivity index (χ3v) is 8.73. The second kappa shape index (κ2) is 12.7. The molecule has 1 saturated heterocycles. The molecule has 3 aliphatic rings. The van der Waals surface area contributed by atoms with Crippen LogP contribution < -0.4 is 16.0 Å². The zero-order valence-electron chi connectivity index (χ0n) is 24.1. The summed E-state index contributed by atoms with van der Waals surface area (Å²) in [4.78, 5) is 20.8. The van der Waals surface area contributed by atoms with E-state index in [0.29, 0.717) is 51.3 Å². The summed E-state index contributed by atoms with van der Waals surface area (Å²) in [7, 11) is 0. The zero-order valence-corrected chi connectivity index (χ0v) is 24.1. The molecule has 2 aliphatic carbocycles. The minimum atomic E-state index is -0.935. The Bertz CT molecular complexity index is 1250. The normalized spacial score (nSPS) is 23.6. The van der Waals surface area contributed by atoms with Crippen LogP contribution in [0, 0.1) is 23.7 Å². The molecule has 0 amide bonds. The summed E-state index contributed by atoms with van der Waals surface area (Å²) in [6.07, 6.45) is 8.70. The largest absolute Gasteiger partial charge is 0.479 e. The first-order chi connectivity index (χ1) is 19.8. The smallest absolute Gasteiger partial charge is 0.335 e. The monoisotopic (exact) mass is 562 g/mol. The topological polar surface area (TPSA) is 141 Å². The molecule has 1 aliphatic heterocycles. The molecule has 0 aromatic carbocycles. The highest BCUT2D eigenvalue weighted by Crippen LogP contribution is 2.40. The van der Waals surface area contributed by atoms with Crippen molar-refractivity contribution in [3.05, 3.63) is 36.0 Å². The Labute approximate surface area is 242 Å². The van der Waals surface area contributed by atoms with Crippen LogP contribution in [0.25, 0.3) is 11.3 Å². The number of rotatable bonds is 12. The molecule has 5 rings (SSSR count). The Balaban J connectivity index is 1.13. The van der Waals surface area contributed by atoms with Crippen molar-refractivity contribution in [2.75, 3.05) is 37.0 Å². The van der Waals surface area contributed by atoms with Crippen LogP contribution in [0.2, 0.25) is 0 Å². The molecule has 10 nitrogen and oxygen atoms in total. The van der Waals surface area contributed by atoms with E-state index in [0.717, 1.165) is 67.0 Å². The second-order valence-electron chi connectivity index (χ2n) is 12.0. The number of anilines is 2. The molecule has 0 bridgehead atoms. The van der Waals surface area contributed by atoms with Gasteiger partial charge in [-0.25, -0.2) is 14.8 Å². The predicted octanol–water partition coefficient (Wildman–Crippen LogP) is 4.52. The summed E-state index contributed by atoms with van der Waals surface area (Å²) < 4.78 is 11.2. The molecule has 2 aromatic rings. The maximum atomic E-state index is 11.3. The first-order valence-corrected chi connectivity index (χ1v) is 14.9. The standard InChI is InChI=1S/C31H42N6O4/c1-21-17-33-28(36-24-8-6-23(7-9-24)35-22(2)18-41-31(10-11-31)29(38)39)16-25(21)26-4-3-5-27(37-26)34-20-30(19-32)12-14-40-15-13-30/h3-5,16-17,22-24,35H,6-15,18,20H2,1-2H3,(H,33,36)(H,34,37)(H,38,39)/t22-,23-,24-/m1/s1. The van der Waals surface area contributed by atoms with Crippen LogP contribution in [0.15, 0.2) is 30.5 Å². The number of hydrogen-bond donors (Lipinski definition) is 4. The van der Waals surface area contributed by atoms with Crippen molar-refractivity contribution in [1.82, 2.24) is 15.3 Å². The van der Waals surface area contributed by atoms with Gasteiger partial charge in [-0.3, -0.25) is 0 Å². The van der Waals surface area contributed by atoms with Crippen LogP contribution in [0.5, 0.6) is 0 Å². The van der Waals surface area contributed by atoms with E-state index in [1.165, 1.54) is 0 Å². The lowest BCUT2D eigenvalue weighted by Crippen LogP contribution is -2.44. The molecule has 2 saturated carbocycles. The van der Waals surface area contributed by atoms with Gasteiger partial charge in [0.1, 0.15) is 11.6 Å². The van der Waals surface area contributed by atoms with E-state index in [-0.39, 0.29) is 6.04 Å². The fourth-order valence-corrected chi connectivity index (χ4v) is 5.79. The number of aromatic nitrogens is 2. The van der Waals surface area contributed by atoms with Gasteiger partial charge in [0.05, 0.1) is 23.8 Å². The lowest BCUT2D eigenvalue weighted by Gasteiger charge is -2.32. The van der Waals surface area contributed by atoms with E-state index >= 15 is 0 Å². The lowest BCUT2D eigenvalue weighted by molar-refractivity contribution is -0.154. The van der Waals surface area contributed by atoms with Gasteiger partial charge in [0.15, 0.2) is 5.60 Å². The zero-order chi connectivity index (χ0) is 28.9. The van der Waals surface area contributed by atoms with Gasteiger partial charge in [-0.05, 0) is 89.0 Å². The Morgan fingerprint density at radius 3 is 2.59 bits per heavy atom. The van der Waals surface area contributed by atoms with Gasteiger partial charge in [-0.15, -0.1) is 0 Å². The van der Waals surface area contributed by atoms with Gasteiger partial charge in [0.2, 0.25) is 0 Å². The number of carboxylic acid groups (broad SMARTS) is 1. The molecular weight excluding hydrogens is 520 g/mol. The van der Waals surface area contributed by atoms with Gasteiger partial charge in [-0.2, -0.15) is 5.26 Å². The van der Waals surface area contributed by atoms with E-state index in [9.17, 15) is 15.2 Å². The van der Waals surface area contributed by atoms with E-state index in [2.05, 4.69) is 40.0 Å². The van der Waals surface area contributed by atoms with Crippen molar-refractivity contribution in [3.63, 3.8) is 0 Å². The average Bonchev–Trinajstić information content (AvgIpc) is 3.79. The number of aliphatic carboxylic acids is 1. The summed E-state index contributed by atoms with van der Waals surface area (Å²) >= 11 is 0. The van der Waals surface area contributed by atoms with Crippen LogP contribution in [0.4, 0.5) is 11.6 Å². The van der Waals surface area contributed by atoms with Crippen molar-refractivity contribution < 1.29 is 19.4 Å². The van der Waals surface area contributed by atoms with Crippen molar-refractivity contribution in [1.29, 1.82) is 5.26 Å². The summed E-state index contributed by atoms with van der Waals surface area (Å²) in [6.45, 7) is 6.32. The minimum Gasteiger partial charge on any atom is -0.479 e. The molecule has 2 aromatic heterocycles. The van der Waals surface area contributed by atoms with Crippen molar-refractivity contribution in [2.45, 2.75) is 88.9 Å². The molecule has 0 radical (unpaired) electrons. The molecule has 3 heterocycles. The van der Waals surface area contributed by atoms with Crippen LogP contribution in [0.3, 0.4) is 0 Å².